The van der Waals surface area contributed by atoms with Gasteiger partial charge in [-0.05, 0) is 19.1 Å². The summed E-state index contributed by atoms with van der Waals surface area (Å²) in [5.41, 5.74) is 6.77. The molecular weight excluding hydrogens is 262 g/mol. The lowest BCUT2D eigenvalue weighted by Crippen LogP contribution is -2.28. The summed E-state index contributed by atoms with van der Waals surface area (Å²) in [6, 6.07) is 6.69. The van der Waals surface area contributed by atoms with E-state index in [0.717, 1.165) is 5.01 Å². The summed E-state index contributed by atoms with van der Waals surface area (Å²) >= 11 is 1.48. The average Bonchev–Trinajstić information content (AvgIpc) is 2.82. The van der Waals surface area contributed by atoms with Crippen LogP contribution in [0.15, 0.2) is 29.6 Å². The Bertz CT molecular complexity index is 583. The Hall–Kier alpha value is -2.08. The summed E-state index contributed by atoms with van der Waals surface area (Å²) in [4.78, 5) is 15.9. The molecule has 6 heteroatoms. The number of ether oxygens (including phenoxy) is 1. The van der Waals surface area contributed by atoms with Gasteiger partial charge in [-0.1, -0.05) is 12.1 Å². The Morgan fingerprint density at radius 2 is 2.21 bits per heavy atom. The Kier molecular flexibility index (Phi) is 4.01. The van der Waals surface area contributed by atoms with Crippen molar-refractivity contribution in [2.24, 2.45) is 5.73 Å². The predicted molar refractivity (Wildman–Crippen MR) is 75.4 cm³/mol. The van der Waals surface area contributed by atoms with E-state index in [2.05, 4.69) is 10.3 Å². The van der Waals surface area contributed by atoms with Crippen LogP contribution in [0.3, 0.4) is 0 Å². The number of aromatic nitrogens is 1. The second-order valence-corrected chi connectivity index (χ2v) is 5.03. The molecule has 0 saturated heterocycles. The number of nitrogens with two attached hydrogens (primary N) is 1. The number of carbonyl (C=O) groups excluding carboxylic acids is 1. The molecule has 1 unspecified atom stereocenters. The molecule has 1 heterocycles. The number of hydrogen-bond donors (Lipinski definition) is 2. The number of hydrogen-bond acceptors (Lipinski definition) is 5. The van der Waals surface area contributed by atoms with E-state index in [1.165, 1.54) is 11.3 Å². The Balaban J connectivity index is 2.29. The van der Waals surface area contributed by atoms with E-state index < -0.39 is 11.9 Å². The Morgan fingerprint density at radius 3 is 2.79 bits per heavy atom. The first kappa shape index (κ1) is 13.4. The lowest BCUT2D eigenvalue weighted by atomic mass is 10.2. The highest BCUT2D eigenvalue weighted by Crippen LogP contribution is 2.28. The Morgan fingerprint density at radius 1 is 1.47 bits per heavy atom. The maximum absolute atomic E-state index is 11.6. The van der Waals surface area contributed by atoms with Crippen molar-refractivity contribution < 1.29 is 9.53 Å². The maximum Gasteiger partial charge on any atom is 0.246 e. The zero-order valence-corrected chi connectivity index (χ0v) is 11.5. The minimum absolute atomic E-state index is 0.476. The molecule has 0 spiro atoms. The van der Waals surface area contributed by atoms with Crippen molar-refractivity contribution in [3.05, 3.63) is 40.3 Å². The van der Waals surface area contributed by atoms with Crippen molar-refractivity contribution >= 4 is 22.9 Å². The molecule has 0 bridgehead atoms. The number of amides is 1. The SMILES string of the molecule is COc1ccccc1NC(C(N)=O)c1csc(C)n1. The topological polar surface area (TPSA) is 77.2 Å². The zero-order valence-electron chi connectivity index (χ0n) is 10.7. The van der Waals surface area contributed by atoms with Crippen LogP contribution < -0.4 is 15.8 Å². The van der Waals surface area contributed by atoms with E-state index in [9.17, 15) is 4.79 Å². The third kappa shape index (κ3) is 3.03. The van der Waals surface area contributed by atoms with E-state index in [-0.39, 0.29) is 0 Å². The molecule has 0 saturated carbocycles. The first-order valence-corrected chi connectivity index (χ1v) is 6.60. The third-order valence-corrected chi connectivity index (χ3v) is 3.42. The molecular formula is C13H15N3O2S. The van der Waals surface area contributed by atoms with Crippen molar-refractivity contribution in [1.29, 1.82) is 0 Å². The summed E-state index contributed by atoms with van der Waals surface area (Å²) in [5, 5.41) is 5.79. The van der Waals surface area contributed by atoms with E-state index >= 15 is 0 Å². The number of nitrogens with zero attached hydrogens (tertiary/aromatic N) is 1. The number of primary amides is 1. The number of thiazole rings is 1. The van der Waals surface area contributed by atoms with Gasteiger partial charge in [-0.15, -0.1) is 11.3 Å². The van der Waals surface area contributed by atoms with E-state index in [4.69, 9.17) is 10.5 Å². The van der Waals surface area contributed by atoms with Crippen LogP contribution >= 0.6 is 11.3 Å². The van der Waals surface area contributed by atoms with Crippen LogP contribution in [-0.2, 0) is 4.79 Å². The average molecular weight is 277 g/mol. The molecule has 1 amide bonds. The molecule has 0 aliphatic carbocycles. The van der Waals surface area contributed by atoms with Gasteiger partial charge in [0.05, 0.1) is 23.5 Å². The van der Waals surface area contributed by atoms with E-state index in [1.807, 2.05) is 36.6 Å². The van der Waals surface area contributed by atoms with Gasteiger partial charge in [0.2, 0.25) is 5.91 Å². The number of anilines is 1. The third-order valence-electron chi connectivity index (χ3n) is 2.62. The summed E-state index contributed by atoms with van der Waals surface area (Å²) in [6.45, 7) is 1.88. The second-order valence-electron chi connectivity index (χ2n) is 3.97. The number of aryl methyl sites for hydroxylation is 1. The highest BCUT2D eigenvalue weighted by atomic mass is 32.1. The van der Waals surface area contributed by atoms with Gasteiger partial charge in [-0.25, -0.2) is 4.98 Å². The number of nitrogens with one attached hydrogen (secondary N) is 1. The van der Waals surface area contributed by atoms with Crippen LogP contribution in [-0.4, -0.2) is 18.0 Å². The highest BCUT2D eigenvalue weighted by Gasteiger charge is 2.21. The number of para-hydroxylation sites is 2. The maximum atomic E-state index is 11.6. The molecule has 2 rings (SSSR count). The quantitative estimate of drug-likeness (QED) is 0.877. The van der Waals surface area contributed by atoms with Gasteiger partial charge in [0.15, 0.2) is 0 Å². The largest absolute Gasteiger partial charge is 0.495 e. The van der Waals surface area contributed by atoms with Crippen molar-refractivity contribution in [2.45, 2.75) is 13.0 Å². The van der Waals surface area contributed by atoms with Gasteiger partial charge < -0.3 is 15.8 Å². The van der Waals surface area contributed by atoms with Crippen LogP contribution in [0, 0.1) is 6.92 Å². The van der Waals surface area contributed by atoms with Crippen LogP contribution in [0.1, 0.15) is 16.7 Å². The Labute approximate surface area is 115 Å². The molecule has 0 aliphatic rings. The van der Waals surface area contributed by atoms with Crippen molar-refractivity contribution in [3.63, 3.8) is 0 Å². The molecule has 0 aliphatic heterocycles. The van der Waals surface area contributed by atoms with E-state index in [1.54, 1.807) is 7.11 Å². The van der Waals surface area contributed by atoms with Gasteiger partial charge in [0, 0.05) is 5.38 Å². The zero-order chi connectivity index (χ0) is 13.8. The molecule has 5 nitrogen and oxygen atoms in total. The van der Waals surface area contributed by atoms with E-state index in [0.29, 0.717) is 17.1 Å². The standard InChI is InChI=1S/C13H15N3O2S/c1-8-15-10(7-19-8)12(13(14)17)16-9-5-3-4-6-11(9)18-2/h3-7,12,16H,1-2H3,(H2,14,17). The minimum atomic E-state index is -0.666. The van der Waals surface area contributed by atoms with Gasteiger partial charge in [0.1, 0.15) is 11.8 Å². The second kappa shape index (κ2) is 5.71. The van der Waals surface area contributed by atoms with Gasteiger partial charge in [-0.2, -0.15) is 0 Å². The minimum Gasteiger partial charge on any atom is -0.495 e. The van der Waals surface area contributed by atoms with Crippen LogP contribution in [0.2, 0.25) is 0 Å². The lowest BCUT2D eigenvalue weighted by molar-refractivity contribution is -0.118. The molecule has 1 aromatic carbocycles. The normalized spacial score (nSPS) is 11.9. The molecule has 1 atom stereocenters. The van der Waals surface area contributed by atoms with Crippen molar-refractivity contribution in [1.82, 2.24) is 4.98 Å². The first-order valence-electron chi connectivity index (χ1n) is 5.72. The van der Waals surface area contributed by atoms with Crippen LogP contribution in [0.5, 0.6) is 5.75 Å². The van der Waals surface area contributed by atoms with Gasteiger partial charge in [-0.3, -0.25) is 4.79 Å². The monoisotopic (exact) mass is 277 g/mol. The molecule has 3 N–H and O–H groups in total. The number of methoxy groups -OCH3 is 1. The summed E-state index contributed by atoms with van der Waals surface area (Å²) in [6.07, 6.45) is 0. The first-order chi connectivity index (χ1) is 9.11. The van der Waals surface area contributed by atoms with Gasteiger partial charge >= 0.3 is 0 Å². The molecule has 100 valence electrons. The fraction of sp³-hybridized carbons (Fsp3) is 0.231. The number of carbonyl (C=O) groups is 1. The summed E-state index contributed by atoms with van der Waals surface area (Å²) in [7, 11) is 1.58. The number of benzene rings is 1. The predicted octanol–water partition coefficient (Wildman–Crippen LogP) is 2.10. The fourth-order valence-corrected chi connectivity index (χ4v) is 2.36. The smallest absolute Gasteiger partial charge is 0.246 e. The van der Waals surface area contributed by atoms with Gasteiger partial charge in [0.25, 0.3) is 0 Å². The number of rotatable bonds is 5. The highest BCUT2D eigenvalue weighted by molar-refractivity contribution is 7.09. The van der Waals surface area contributed by atoms with Crippen LogP contribution in [0.25, 0.3) is 0 Å². The molecule has 0 fully saturated rings. The molecule has 1 aromatic heterocycles. The molecule has 19 heavy (non-hydrogen) atoms. The summed E-state index contributed by atoms with van der Waals surface area (Å²) < 4.78 is 5.23. The summed E-state index contributed by atoms with van der Waals surface area (Å²) in [5.74, 6) is 0.178. The molecule has 2 aromatic rings. The molecule has 0 radical (unpaired) electrons. The lowest BCUT2D eigenvalue weighted by Gasteiger charge is -2.16. The van der Waals surface area contributed by atoms with Crippen LogP contribution in [0.4, 0.5) is 5.69 Å². The van der Waals surface area contributed by atoms with Crippen molar-refractivity contribution in [2.75, 3.05) is 12.4 Å². The fourth-order valence-electron chi connectivity index (χ4n) is 1.72. The van der Waals surface area contributed by atoms with Crippen molar-refractivity contribution in [3.8, 4) is 5.75 Å².